The molecule has 1 aliphatic heterocycles. The van der Waals surface area contributed by atoms with Gasteiger partial charge in [0.1, 0.15) is 0 Å². The summed E-state index contributed by atoms with van der Waals surface area (Å²) in [6.45, 7) is 4.37. The molecular formula is C20H26N2O3. The molecule has 25 heavy (non-hydrogen) atoms. The Labute approximate surface area is 149 Å². The summed E-state index contributed by atoms with van der Waals surface area (Å²) in [5, 5.41) is 3.09. The molecule has 2 amide bonds. The monoisotopic (exact) mass is 342 g/mol. The molecule has 5 nitrogen and oxygen atoms in total. The first kappa shape index (κ1) is 17.7. The molecule has 1 N–H and O–H groups in total. The Bertz CT molecular complexity index is 623. The van der Waals surface area contributed by atoms with Crippen molar-refractivity contribution in [2.75, 3.05) is 26.3 Å². The van der Waals surface area contributed by atoms with Gasteiger partial charge in [0.25, 0.3) is 0 Å². The van der Waals surface area contributed by atoms with Gasteiger partial charge in [0.15, 0.2) is 0 Å². The van der Waals surface area contributed by atoms with Crippen LogP contribution in [-0.2, 0) is 14.3 Å². The van der Waals surface area contributed by atoms with Gasteiger partial charge in [-0.25, -0.2) is 0 Å². The molecule has 5 heteroatoms. The lowest BCUT2D eigenvalue weighted by molar-refractivity contribution is -0.145. The van der Waals surface area contributed by atoms with Crippen molar-refractivity contribution in [1.82, 2.24) is 10.2 Å². The van der Waals surface area contributed by atoms with Gasteiger partial charge in [-0.3, -0.25) is 9.59 Å². The molecule has 0 radical (unpaired) electrons. The second-order valence-electron chi connectivity index (χ2n) is 6.73. The van der Waals surface area contributed by atoms with Crippen LogP contribution in [0.1, 0.15) is 31.4 Å². The van der Waals surface area contributed by atoms with E-state index in [4.69, 9.17) is 4.74 Å². The lowest BCUT2D eigenvalue weighted by Gasteiger charge is -2.34. The molecular weight excluding hydrogens is 316 g/mol. The van der Waals surface area contributed by atoms with Crippen molar-refractivity contribution < 1.29 is 14.3 Å². The number of carbonyl (C=O) groups is 2. The molecule has 0 unspecified atom stereocenters. The van der Waals surface area contributed by atoms with Crippen LogP contribution in [0.3, 0.4) is 0 Å². The van der Waals surface area contributed by atoms with Crippen molar-refractivity contribution in [2.45, 2.75) is 25.8 Å². The number of allylic oxidation sites excluding steroid dienone is 2. The number of hydrogen-bond donors (Lipinski definition) is 1. The number of morpholine rings is 1. The molecule has 2 aliphatic rings. The van der Waals surface area contributed by atoms with E-state index in [-0.39, 0.29) is 29.7 Å². The SMILES string of the molecule is C[C@@H](NC(=O)[C@H]1CC=CC[C@@H]1C(=O)N1CCOCC1)c1ccccc1. The Morgan fingerprint density at radius 2 is 1.72 bits per heavy atom. The summed E-state index contributed by atoms with van der Waals surface area (Å²) in [5.41, 5.74) is 1.07. The van der Waals surface area contributed by atoms with E-state index in [1.54, 1.807) is 0 Å². The standard InChI is InChI=1S/C20H26N2O3/c1-15(16-7-3-2-4-8-16)21-19(23)17-9-5-6-10-18(17)20(24)22-11-13-25-14-12-22/h2-8,15,17-18H,9-14H2,1H3,(H,21,23)/t15-,17+,18+/m1/s1. The number of amides is 2. The predicted molar refractivity (Wildman–Crippen MR) is 95.8 cm³/mol. The first-order valence-corrected chi connectivity index (χ1v) is 9.03. The number of nitrogens with zero attached hydrogens (tertiary/aromatic N) is 1. The van der Waals surface area contributed by atoms with Crippen LogP contribution in [0.4, 0.5) is 0 Å². The highest BCUT2D eigenvalue weighted by Gasteiger charge is 2.37. The van der Waals surface area contributed by atoms with E-state index in [0.29, 0.717) is 39.1 Å². The normalized spacial score (nSPS) is 24.6. The van der Waals surface area contributed by atoms with E-state index in [1.807, 2.05) is 54.3 Å². The molecule has 134 valence electrons. The van der Waals surface area contributed by atoms with Gasteiger partial charge in [0, 0.05) is 13.1 Å². The van der Waals surface area contributed by atoms with Gasteiger partial charge in [0.2, 0.25) is 11.8 Å². The van der Waals surface area contributed by atoms with Crippen LogP contribution in [0, 0.1) is 11.8 Å². The topological polar surface area (TPSA) is 58.6 Å². The number of rotatable bonds is 4. The highest BCUT2D eigenvalue weighted by Crippen LogP contribution is 2.29. The van der Waals surface area contributed by atoms with Crippen LogP contribution in [0.25, 0.3) is 0 Å². The zero-order valence-corrected chi connectivity index (χ0v) is 14.7. The van der Waals surface area contributed by atoms with Crippen molar-refractivity contribution in [3.63, 3.8) is 0 Å². The van der Waals surface area contributed by atoms with Crippen LogP contribution < -0.4 is 5.32 Å². The maximum absolute atomic E-state index is 12.9. The van der Waals surface area contributed by atoms with E-state index in [2.05, 4.69) is 5.32 Å². The summed E-state index contributed by atoms with van der Waals surface area (Å²) in [6, 6.07) is 9.82. The fourth-order valence-electron chi connectivity index (χ4n) is 3.54. The van der Waals surface area contributed by atoms with E-state index in [1.165, 1.54) is 0 Å². The minimum atomic E-state index is -0.300. The van der Waals surface area contributed by atoms with Gasteiger partial charge < -0.3 is 15.0 Å². The first-order valence-electron chi connectivity index (χ1n) is 9.03. The molecule has 3 atom stereocenters. The second kappa shape index (κ2) is 8.30. The second-order valence-corrected chi connectivity index (χ2v) is 6.73. The van der Waals surface area contributed by atoms with Crippen molar-refractivity contribution in [3.8, 4) is 0 Å². The first-order chi connectivity index (χ1) is 12.2. The smallest absolute Gasteiger partial charge is 0.226 e. The molecule has 0 spiro atoms. The largest absolute Gasteiger partial charge is 0.378 e. The third kappa shape index (κ3) is 4.28. The van der Waals surface area contributed by atoms with Gasteiger partial charge in [-0.05, 0) is 25.3 Å². The average Bonchev–Trinajstić information content (AvgIpc) is 2.68. The summed E-state index contributed by atoms with van der Waals surface area (Å²) in [4.78, 5) is 27.6. The van der Waals surface area contributed by atoms with Crippen molar-refractivity contribution in [2.24, 2.45) is 11.8 Å². The summed E-state index contributed by atoms with van der Waals surface area (Å²) >= 11 is 0. The Morgan fingerprint density at radius 3 is 2.40 bits per heavy atom. The molecule has 3 rings (SSSR count). The fourth-order valence-corrected chi connectivity index (χ4v) is 3.54. The van der Waals surface area contributed by atoms with Crippen LogP contribution in [0.5, 0.6) is 0 Å². The van der Waals surface area contributed by atoms with Gasteiger partial charge in [0.05, 0.1) is 31.1 Å². The maximum atomic E-state index is 12.9. The molecule has 1 heterocycles. The Balaban J connectivity index is 1.66. The fraction of sp³-hybridized carbons (Fsp3) is 0.500. The molecule has 1 aromatic carbocycles. The minimum Gasteiger partial charge on any atom is -0.378 e. The summed E-state index contributed by atoms with van der Waals surface area (Å²) in [7, 11) is 0. The van der Waals surface area contributed by atoms with Gasteiger partial charge >= 0.3 is 0 Å². The van der Waals surface area contributed by atoms with E-state index < -0.39 is 0 Å². The van der Waals surface area contributed by atoms with Crippen LogP contribution in [0.2, 0.25) is 0 Å². The zero-order chi connectivity index (χ0) is 17.6. The van der Waals surface area contributed by atoms with Crippen LogP contribution in [-0.4, -0.2) is 43.0 Å². The predicted octanol–water partition coefficient (Wildman–Crippen LogP) is 2.30. The molecule has 1 aliphatic carbocycles. The Morgan fingerprint density at radius 1 is 1.08 bits per heavy atom. The van der Waals surface area contributed by atoms with Crippen molar-refractivity contribution in [1.29, 1.82) is 0 Å². The Hall–Kier alpha value is -2.14. The molecule has 1 aromatic rings. The number of hydrogen-bond acceptors (Lipinski definition) is 3. The maximum Gasteiger partial charge on any atom is 0.226 e. The molecule has 0 aromatic heterocycles. The number of nitrogens with one attached hydrogen (secondary N) is 1. The number of benzene rings is 1. The molecule has 1 saturated heterocycles. The number of carbonyl (C=O) groups excluding carboxylic acids is 2. The van der Waals surface area contributed by atoms with Gasteiger partial charge in [-0.15, -0.1) is 0 Å². The average molecular weight is 342 g/mol. The van der Waals surface area contributed by atoms with E-state index >= 15 is 0 Å². The lowest BCUT2D eigenvalue weighted by Crippen LogP contribution is -2.48. The summed E-state index contributed by atoms with van der Waals surface area (Å²) in [6.07, 6.45) is 5.29. The number of ether oxygens (including phenoxy) is 1. The van der Waals surface area contributed by atoms with Gasteiger partial charge in [-0.2, -0.15) is 0 Å². The summed E-state index contributed by atoms with van der Waals surface area (Å²) < 4.78 is 5.33. The quantitative estimate of drug-likeness (QED) is 0.854. The minimum absolute atomic E-state index is 0.0349. The molecule has 0 bridgehead atoms. The highest BCUT2D eigenvalue weighted by atomic mass is 16.5. The lowest BCUT2D eigenvalue weighted by atomic mass is 9.81. The third-order valence-corrected chi connectivity index (χ3v) is 5.07. The zero-order valence-electron chi connectivity index (χ0n) is 14.7. The highest BCUT2D eigenvalue weighted by molar-refractivity contribution is 5.88. The van der Waals surface area contributed by atoms with Crippen LogP contribution >= 0.6 is 0 Å². The third-order valence-electron chi connectivity index (χ3n) is 5.07. The summed E-state index contributed by atoms with van der Waals surface area (Å²) in [5.74, 6) is -0.523. The molecule has 0 saturated carbocycles. The van der Waals surface area contributed by atoms with E-state index in [0.717, 1.165) is 5.56 Å². The van der Waals surface area contributed by atoms with E-state index in [9.17, 15) is 9.59 Å². The van der Waals surface area contributed by atoms with Gasteiger partial charge in [-0.1, -0.05) is 42.5 Å². The van der Waals surface area contributed by atoms with Crippen molar-refractivity contribution >= 4 is 11.8 Å². The van der Waals surface area contributed by atoms with Crippen LogP contribution in [0.15, 0.2) is 42.5 Å². The van der Waals surface area contributed by atoms with Crippen molar-refractivity contribution in [3.05, 3.63) is 48.0 Å². The Kier molecular flexibility index (Phi) is 5.87. The molecule has 1 fully saturated rings.